The molecule has 0 unspecified atom stereocenters. The summed E-state index contributed by atoms with van der Waals surface area (Å²) in [6.45, 7) is 10.6. The number of benzene rings is 6. The normalized spacial score (nSPS) is 14.3. The number of unbranched alkanes of at least 4 members (excludes halogenated alkanes) is 2. The first-order chi connectivity index (χ1) is 39.2. The van der Waals surface area contributed by atoms with Crippen LogP contribution in [0.3, 0.4) is 0 Å². The van der Waals surface area contributed by atoms with Gasteiger partial charge in [0, 0.05) is 112 Å². The molecule has 81 heavy (non-hydrogen) atoms. The third-order valence-corrected chi connectivity index (χ3v) is 15.2. The molecule has 0 aliphatic carbocycles. The van der Waals surface area contributed by atoms with Crippen molar-refractivity contribution in [1.82, 2.24) is 9.80 Å². The number of aryl methyl sites for hydroxylation is 2. The molecule has 2 aliphatic rings. The van der Waals surface area contributed by atoms with Gasteiger partial charge in [-0.25, -0.2) is 9.80 Å². The maximum atomic E-state index is 6.42. The van der Waals surface area contributed by atoms with E-state index in [2.05, 4.69) is 90.2 Å². The van der Waals surface area contributed by atoms with Gasteiger partial charge in [0.25, 0.3) is 0 Å². The smallest absolute Gasteiger partial charge is 0.214 e. The van der Waals surface area contributed by atoms with Crippen molar-refractivity contribution in [1.29, 1.82) is 0 Å². The second kappa shape index (κ2) is 28.7. The highest BCUT2D eigenvalue weighted by atomic mass is 16.5. The molecular weight excluding hydrogens is 1020 g/mol. The standard InChI is InChI=1S/2C32H39N5O3.H2O/c2*1-34-32(33)37(31-28-13-5-4-10-25(28)23-40-31)29-21-24(14-15-30(29)39-3)9-6-7-16-35-17-19-36(20-18-35)26-11-8-12-27(22-26)38-2;/h2*4-5,8,10-15,21-23H,6-7,9,16-20H2,1-3H3,(H2,33,34);1H2. The van der Waals surface area contributed by atoms with Gasteiger partial charge in [0.2, 0.25) is 23.7 Å². The van der Waals surface area contributed by atoms with Gasteiger partial charge in [-0.2, -0.15) is 0 Å². The molecular formula is C64H80N10O7. The molecule has 2 saturated heterocycles. The molecule has 17 heteroatoms. The van der Waals surface area contributed by atoms with Crippen LogP contribution >= 0.6 is 0 Å². The monoisotopic (exact) mass is 1100 g/mol. The molecule has 17 nitrogen and oxygen atoms in total. The van der Waals surface area contributed by atoms with Crippen molar-refractivity contribution in [3.8, 4) is 23.0 Å². The van der Waals surface area contributed by atoms with Crippen molar-refractivity contribution in [2.45, 2.75) is 38.5 Å². The number of fused-ring (bicyclic) bond motifs is 2. The summed E-state index contributed by atoms with van der Waals surface area (Å²) in [6.07, 6.45) is 9.91. The van der Waals surface area contributed by atoms with Crippen LogP contribution in [0.15, 0.2) is 165 Å². The van der Waals surface area contributed by atoms with Crippen molar-refractivity contribution >= 4 is 68.0 Å². The summed E-state index contributed by atoms with van der Waals surface area (Å²) in [7, 11) is 10.1. The predicted octanol–water partition coefficient (Wildman–Crippen LogP) is 10.5. The van der Waals surface area contributed by atoms with Gasteiger partial charge in [-0.15, -0.1) is 0 Å². The number of rotatable bonds is 20. The maximum absolute atomic E-state index is 6.42. The van der Waals surface area contributed by atoms with Crippen LogP contribution in [0.1, 0.15) is 36.8 Å². The molecule has 0 spiro atoms. The number of ether oxygens (including phenoxy) is 4. The highest BCUT2D eigenvalue weighted by molar-refractivity contribution is 6.09. The molecule has 0 amide bonds. The van der Waals surface area contributed by atoms with Crippen LogP contribution in [0.5, 0.6) is 23.0 Å². The quantitative estimate of drug-likeness (QED) is 0.0416. The molecule has 10 rings (SSSR count). The Morgan fingerprint density at radius 1 is 0.481 bits per heavy atom. The number of aliphatic imine (C=N–C) groups is 2. The van der Waals surface area contributed by atoms with Crippen LogP contribution in [0.2, 0.25) is 0 Å². The first-order valence-corrected chi connectivity index (χ1v) is 27.8. The number of anilines is 6. The van der Waals surface area contributed by atoms with Crippen LogP contribution in [-0.2, 0) is 12.8 Å². The molecule has 8 aromatic rings. The second-order valence-electron chi connectivity index (χ2n) is 20.1. The summed E-state index contributed by atoms with van der Waals surface area (Å²) in [4.78, 5) is 22.3. The number of nitrogens with zero attached hydrogens (tertiary/aromatic N) is 8. The fourth-order valence-corrected chi connectivity index (χ4v) is 10.7. The van der Waals surface area contributed by atoms with Gasteiger partial charge >= 0.3 is 0 Å². The largest absolute Gasteiger partial charge is 0.497 e. The molecule has 2 aliphatic heterocycles. The topological polar surface area (TPSA) is 191 Å². The summed E-state index contributed by atoms with van der Waals surface area (Å²) in [5.74, 6) is 5.17. The summed E-state index contributed by atoms with van der Waals surface area (Å²) in [6, 6.07) is 45.3. The molecule has 6 N–H and O–H groups in total. The zero-order chi connectivity index (χ0) is 55.8. The Morgan fingerprint density at radius 2 is 0.889 bits per heavy atom. The fourth-order valence-electron chi connectivity index (χ4n) is 10.7. The summed E-state index contributed by atoms with van der Waals surface area (Å²) >= 11 is 0. The number of furan rings is 2. The number of methoxy groups -OCH3 is 4. The van der Waals surface area contributed by atoms with E-state index in [1.165, 1.54) is 22.5 Å². The Morgan fingerprint density at radius 3 is 1.27 bits per heavy atom. The highest BCUT2D eigenvalue weighted by Gasteiger charge is 2.26. The van der Waals surface area contributed by atoms with E-state index >= 15 is 0 Å². The molecule has 0 atom stereocenters. The van der Waals surface area contributed by atoms with Gasteiger partial charge in [-0.1, -0.05) is 60.7 Å². The first kappa shape index (κ1) is 58.8. The van der Waals surface area contributed by atoms with Crippen LogP contribution in [0, 0.1) is 0 Å². The Hall–Kier alpha value is -8.38. The lowest BCUT2D eigenvalue weighted by atomic mass is 10.1. The fraction of sp³-hybridized carbons (Fsp3) is 0.344. The average Bonchev–Trinajstić information content (AvgIpc) is 4.15. The van der Waals surface area contributed by atoms with Crippen molar-refractivity contribution in [3.63, 3.8) is 0 Å². The maximum Gasteiger partial charge on any atom is 0.214 e. The highest BCUT2D eigenvalue weighted by Crippen LogP contribution is 2.41. The zero-order valence-corrected chi connectivity index (χ0v) is 47.9. The molecule has 0 radical (unpaired) electrons. The minimum absolute atomic E-state index is 0. The lowest BCUT2D eigenvalue weighted by Crippen LogP contribution is -2.46. The molecule has 428 valence electrons. The predicted molar refractivity (Wildman–Crippen MR) is 331 cm³/mol. The van der Waals surface area contributed by atoms with Crippen LogP contribution in [-0.4, -0.2) is 135 Å². The Kier molecular flexibility index (Phi) is 20.8. The lowest BCUT2D eigenvalue weighted by molar-refractivity contribution is 0.253. The third kappa shape index (κ3) is 14.3. The molecule has 6 aromatic carbocycles. The van der Waals surface area contributed by atoms with E-state index in [9.17, 15) is 0 Å². The van der Waals surface area contributed by atoms with Gasteiger partial charge in [0.15, 0.2) is 0 Å². The van der Waals surface area contributed by atoms with E-state index in [0.29, 0.717) is 35.2 Å². The summed E-state index contributed by atoms with van der Waals surface area (Å²) in [5, 5.41) is 3.94. The number of hydrogen-bond donors (Lipinski definition) is 2. The summed E-state index contributed by atoms with van der Waals surface area (Å²) < 4.78 is 34.3. The van der Waals surface area contributed by atoms with Crippen molar-refractivity contribution < 1.29 is 33.3 Å². The Balaban J connectivity index is 0.000000210. The van der Waals surface area contributed by atoms with Gasteiger partial charge in [-0.3, -0.25) is 19.8 Å². The molecule has 0 bridgehead atoms. The van der Waals surface area contributed by atoms with E-state index in [-0.39, 0.29) is 5.48 Å². The van der Waals surface area contributed by atoms with Gasteiger partial charge in [0.05, 0.1) is 39.8 Å². The molecule has 2 aromatic heterocycles. The van der Waals surface area contributed by atoms with Crippen LogP contribution in [0.25, 0.3) is 21.5 Å². The molecule has 4 heterocycles. The SMILES string of the molecule is CN=C(N)N(c1cc(CCCCN2CCN(c3cccc(OC)c3)CC2)ccc1OC)c1occ2ccccc12.CN=C(N)N(c1cc(CCCCN2CCN(c3cccc(OC)c3)CC2)ccc1OC)c1occ2ccccc12.O. The van der Waals surface area contributed by atoms with E-state index in [1.54, 1.807) is 55.1 Å². The van der Waals surface area contributed by atoms with Crippen LogP contribution < -0.4 is 50.0 Å². The summed E-state index contributed by atoms with van der Waals surface area (Å²) in [5.41, 5.74) is 19.4. The van der Waals surface area contributed by atoms with E-state index in [1.807, 2.05) is 82.6 Å². The number of hydrogen-bond acceptors (Lipinski definition) is 12. The second-order valence-corrected chi connectivity index (χ2v) is 20.1. The number of guanidine groups is 2. The van der Waals surface area contributed by atoms with Crippen molar-refractivity contribution in [3.05, 3.63) is 157 Å². The Bertz CT molecular complexity index is 3110. The van der Waals surface area contributed by atoms with Crippen molar-refractivity contribution in [2.75, 3.05) is 128 Å². The van der Waals surface area contributed by atoms with E-state index in [4.69, 9.17) is 39.2 Å². The van der Waals surface area contributed by atoms with E-state index < -0.39 is 0 Å². The van der Waals surface area contributed by atoms with Gasteiger partial charge in [-0.05, 0) is 123 Å². The average molecular weight is 1100 g/mol. The number of piperazine rings is 2. The zero-order valence-electron chi connectivity index (χ0n) is 47.9. The lowest BCUT2D eigenvalue weighted by Gasteiger charge is -2.36. The molecule has 2 fully saturated rings. The third-order valence-electron chi connectivity index (χ3n) is 15.2. The van der Waals surface area contributed by atoms with Gasteiger partial charge < -0.3 is 54.5 Å². The minimum atomic E-state index is 0. The molecule has 0 saturated carbocycles. The van der Waals surface area contributed by atoms with Crippen molar-refractivity contribution in [2.24, 2.45) is 21.5 Å². The Labute approximate surface area is 476 Å². The van der Waals surface area contributed by atoms with E-state index in [0.717, 1.165) is 148 Å². The van der Waals surface area contributed by atoms with Crippen LogP contribution in [0.4, 0.5) is 34.5 Å². The van der Waals surface area contributed by atoms with Gasteiger partial charge in [0.1, 0.15) is 35.5 Å². The minimum Gasteiger partial charge on any atom is -0.497 e. The first-order valence-electron chi connectivity index (χ1n) is 27.8. The number of nitrogens with two attached hydrogens (primary N) is 2.